The minimum Gasteiger partial charge on any atom is -0.340 e. The smallest absolute Gasteiger partial charge is 0.269 e. The first-order valence-corrected chi connectivity index (χ1v) is 9.99. The molecule has 0 aliphatic heterocycles. The Hall–Kier alpha value is -2.01. The molecule has 0 aliphatic carbocycles. The minimum absolute atomic E-state index is 0.0201. The highest BCUT2D eigenvalue weighted by molar-refractivity contribution is 7.91. The molecule has 0 fully saturated rings. The molecule has 0 spiro atoms. The summed E-state index contributed by atoms with van der Waals surface area (Å²) in [4.78, 5) is 23.9. The van der Waals surface area contributed by atoms with Crippen LogP contribution in [0.4, 0.5) is 5.69 Å². The summed E-state index contributed by atoms with van der Waals surface area (Å²) in [7, 11) is -0.938. The van der Waals surface area contributed by atoms with Gasteiger partial charge in [0.2, 0.25) is 5.91 Å². The lowest BCUT2D eigenvalue weighted by atomic mass is 10.2. The lowest BCUT2D eigenvalue weighted by Gasteiger charge is -2.21. The maximum atomic E-state index is 12.4. The molecule has 0 bridgehead atoms. The number of nitro benzene ring substituents is 1. The summed E-state index contributed by atoms with van der Waals surface area (Å²) in [5.41, 5.74) is 0.267. The van der Waals surface area contributed by atoms with Crippen molar-refractivity contribution >= 4 is 44.6 Å². The molecular weight excluding hydrogens is 402 g/mol. The molecule has 0 unspecified atom stereocenters. The van der Waals surface area contributed by atoms with Gasteiger partial charge in [0.05, 0.1) is 11.5 Å². The van der Waals surface area contributed by atoms with Crippen LogP contribution in [0.3, 0.4) is 0 Å². The molecule has 1 amide bonds. The van der Waals surface area contributed by atoms with Crippen molar-refractivity contribution in [3.05, 3.63) is 56.4 Å². The number of carbonyl (C=O) groups is 1. The molecule has 8 nitrogen and oxygen atoms in total. The van der Waals surface area contributed by atoms with Gasteiger partial charge in [0.15, 0.2) is 0 Å². The van der Waals surface area contributed by atoms with Crippen molar-refractivity contribution in [2.75, 3.05) is 20.6 Å². The molecule has 140 valence electrons. The summed E-state index contributed by atoms with van der Waals surface area (Å²) in [5, 5.41) is 12.8. The van der Waals surface area contributed by atoms with Crippen LogP contribution in [0.5, 0.6) is 0 Å². The molecule has 1 aromatic heterocycles. The van der Waals surface area contributed by atoms with Crippen LogP contribution >= 0.6 is 22.9 Å². The van der Waals surface area contributed by atoms with E-state index in [9.17, 15) is 23.3 Å². The molecule has 0 saturated carbocycles. The van der Waals surface area contributed by atoms with Crippen LogP contribution in [0.1, 0.15) is 5.56 Å². The first kappa shape index (κ1) is 20.3. The van der Waals surface area contributed by atoms with Crippen LogP contribution in [-0.4, -0.2) is 49.1 Å². The van der Waals surface area contributed by atoms with Crippen LogP contribution < -0.4 is 0 Å². The van der Waals surface area contributed by atoms with Gasteiger partial charge in [-0.15, -0.1) is 11.3 Å². The molecule has 0 radical (unpaired) electrons. The highest BCUT2D eigenvalue weighted by Gasteiger charge is 2.25. The largest absolute Gasteiger partial charge is 0.340 e. The van der Waals surface area contributed by atoms with Crippen molar-refractivity contribution in [2.45, 2.75) is 10.8 Å². The summed E-state index contributed by atoms with van der Waals surface area (Å²) in [5.74, 6) is -0.463. The van der Waals surface area contributed by atoms with E-state index in [-0.39, 0.29) is 28.0 Å². The number of nitrogens with zero attached hydrogens (tertiary/aromatic N) is 3. The van der Waals surface area contributed by atoms with Crippen molar-refractivity contribution in [2.24, 2.45) is 0 Å². The summed E-state index contributed by atoms with van der Waals surface area (Å²) in [6.07, 6.45) is 0. The number of hydrogen-bond donors (Lipinski definition) is 0. The predicted octanol–water partition coefficient (Wildman–Crippen LogP) is 2.59. The molecule has 0 saturated heterocycles. The first-order valence-electron chi connectivity index (χ1n) is 7.29. The summed E-state index contributed by atoms with van der Waals surface area (Å²) < 4.78 is 25.8. The van der Waals surface area contributed by atoms with E-state index in [4.69, 9.17) is 11.6 Å². The van der Waals surface area contributed by atoms with Crippen molar-refractivity contribution in [3.8, 4) is 0 Å². The topological polar surface area (TPSA) is 101 Å². The van der Waals surface area contributed by atoms with Crippen LogP contribution in [0.25, 0.3) is 0 Å². The number of benzene rings is 1. The zero-order chi connectivity index (χ0) is 19.5. The van der Waals surface area contributed by atoms with Gasteiger partial charge >= 0.3 is 0 Å². The van der Waals surface area contributed by atoms with Gasteiger partial charge in [0.25, 0.3) is 15.7 Å². The van der Waals surface area contributed by atoms with Gasteiger partial charge in [0, 0.05) is 37.8 Å². The molecule has 0 N–H and O–H groups in total. The molecule has 1 aromatic carbocycles. The number of amides is 1. The van der Waals surface area contributed by atoms with Crippen LogP contribution in [0.15, 0.2) is 39.9 Å². The third-order valence-corrected chi connectivity index (χ3v) is 7.14. The number of carbonyl (C=O) groups excluding carboxylic acids is 1. The SMILES string of the molecule is CN(Cc1cc([N+](=O)[O-])ccc1Cl)C(=O)CN(C)S(=O)(=O)c1cccs1. The van der Waals surface area contributed by atoms with E-state index >= 15 is 0 Å². The van der Waals surface area contributed by atoms with E-state index in [0.29, 0.717) is 5.56 Å². The zero-order valence-corrected chi connectivity index (χ0v) is 16.3. The van der Waals surface area contributed by atoms with Crippen LogP contribution in [0, 0.1) is 10.1 Å². The number of thiophene rings is 1. The summed E-state index contributed by atoms with van der Waals surface area (Å²) in [6.45, 7) is -0.338. The maximum absolute atomic E-state index is 12.4. The van der Waals surface area contributed by atoms with E-state index in [1.54, 1.807) is 11.4 Å². The van der Waals surface area contributed by atoms with E-state index in [2.05, 4.69) is 0 Å². The van der Waals surface area contributed by atoms with Gasteiger partial charge in [-0.25, -0.2) is 8.42 Å². The molecule has 11 heteroatoms. The van der Waals surface area contributed by atoms with Crippen molar-refractivity contribution in [1.82, 2.24) is 9.21 Å². The number of rotatable bonds is 7. The lowest BCUT2D eigenvalue weighted by Crippen LogP contribution is -2.38. The quantitative estimate of drug-likeness (QED) is 0.509. The fraction of sp³-hybridized carbons (Fsp3) is 0.267. The maximum Gasteiger partial charge on any atom is 0.269 e. The van der Waals surface area contributed by atoms with Crippen molar-refractivity contribution in [1.29, 1.82) is 0 Å². The average Bonchev–Trinajstić information content (AvgIpc) is 3.11. The van der Waals surface area contributed by atoms with Crippen molar-refractivity contribution in [3.63, 3.8) is 0 Å². The Morgan fingerprint density at radius 2 is 2.00 bits per heavy atom. The second-order valence-corrected chi connectivity index (χ2v) is 9.10. The normalized spacial score (nSPS) is 11.5. The molecule has 0 atom stereocenters. The molecule has 2 rings (SSSR count). The van der Waals surface area contributed by atoms with Crippen LogP contribution in [-0.2, 0) is 21.4 Å². The summed E-state index contributed by atoms with van der Waals surface area (Å²) >= 11 is 7.10. The fourth-order valence-corrected chi connectivity index (χ4v) is 4.60. The fourth-order valence-electron chi connectivity index (χ4n) is 2.10. The Morgan fingerprint density at radius 3 is 2.58 bits per heavy atom. The summed E-state index contributed by atoms with van der Waals surface area (Å²) in [6, 6.07) is 7.03. The number of likely N-dealkylation sites (N-methyl/N-ethyl adjacent to an activating group) is 2. The number of sulfonamides is 1. The molecule has 2 aromatic rings. The average molecular weight is 418 g/mol. The van der Waals surface area contributed by atoms with Gasteiger partial charge in [0.1, 0.15) is 4.21 Å². The van der Waals surface area contributed by atoms with Gasteiger partial charge < -0.3 is 4.90 Å². The monoisotopic (exact) mass is 417 g/mol. The second kappa shape index (κ2) is 8.12. The van der Waals surface area contributed by atoms with Gasteiger partial charge in [-0.05, 0) is 23.1 Å². The van der Waals surface area contributed by atoms with Gasteiger partial charge in [-0.1, -0.05) is 17.7 Å². The molecule has 1 heterocycles. The predicted molar refractivity (Wildman–Crippen MR) is 98.7 cm³/mol. The van der Waals surface area contributed by atoms with E-state index in [1.165, 1.54) is 43.3 Å². The first-order chi connectivity index (χ1) is 12.1. The number of nitro groups is 1. The highest BCUT2D eigenvalue weighted by Crippen LogP contribution is 2.23. The second-order valence-electron chi connectivity index (χ2n) is 5.48. The van der Waals surface area contributed by atoms with Crippen LogP contribution in [0.2, 0.25) is 5.02 Å². The molecular formula is C15H16ClN3O5S2. The highest BCUT2D eigenvalue weighted by atomic mass is 35.5. The Kier molecular flexibility index (Phi) is 6.34. The standard InChI is InChI=1S/C15H16ClN3O5S2/c1-17(9-11-8-12(19(21)22)5-6-13(11)16)14(20)10-18(2)26(23,24)15-4-3-7-25-15/h3-8H,9-10H2,1-2H3. The van der Waals surface area contributed by atoms with E-state index in [1.807, 2.05) is 0 Å². The number of halogens is 1. The van der Waals surface area contributed by atoms with Crippen molar-refractivity contribution < 1.29 is 18.1 Å². The number of non-ortho nitro benzene ring substituents is 1. The third kappa shape index (κ3) is 4.58. The van der Waals surface area contributed by atoms with Gasteiger partial charge in [-0.3, -0.25) is 14.9 Å². The number of hydrogen-bond acceptors (Lipinski definition) is 6. The van der Waals surface area contributed by atoms with E-state index in [0.717, 1.165) is 15.6 Å². The Labute approximate surface area is 159 Å². The minimum atomic E-state index is -3.73. The van der Waals surface area contributed by atoms with E-state index < -0.39 is 20.9 Å². The Balaban J connectivity index is 2.08. The molecule has 26 heavy (non-hydrogen) atoms. The Morgan fingerprint density at radius 1 is 1.31 bits per heavy atom. The third-order valence-electron chi connectivity index (χ3n) is 3.59. The lowest BCUT2D eigenvalue weighted by molar-refractivity contribution is -0.384. The zero-order valence-electron chi connectivity index (χ0n) is 14.0. The molecule has 0 aliphatic rings. The van der Waals surface area contributed by atoms with Gasteiger partial charge in [-0.2, -0.15) is 4.31 Å². The Bertz CT molecular complexity index is 915.